The summed E-state index contributed by atoms with van der Waals surface area (Å²) in [6.45, 7) is -0.149. The summed E-state index contributed by atoms with van der Waals surface area (Å²) in [7, 11) is 0. The zero-order valence-corrected chi connectivity index (χ0v) is 37.6. The van der Waals surface area contributed by atoms with E-state index in [0.29, 0.717) is 49.7 Å². The summed E-state index contributed by atoms with van der Waals surface area (Å²) in [4.78, 5) is 111. The number of carboxylic acid groups (broad SMARTS) is 1. The first kappa shape index (κ1) is 49.8. The van der Waals surface area contributed by atoms with Crippen molar-refractivity contribution in [3.8, 4) is 0 Å². The number of rotatable bonds is 15. The molecule has 0 bridgehead atoms. The van der Waals surface area contributed by atoms with Gasteiger partial charge >= 0.3 is 5.97 Å². The molecule has 2 aromatic heterocycles. The molecule has 1 saturated carbocycles. The summed E-state index contributed by atoms with van der Waals surface area (Å²) in [6.07, 6.45) is 6.75. The van der Waals surface area contributed by atoms with Crippen molar-refractivity contribution in [2.24, 2.45) is 22.4 Å². The normalized spacial score (nSPS) is 25.1. The van der Waals surface area contributed by atoms with Crippen LogP contribution in [0, 0.1) is 5.92 Å². The molecule has 6 rings (SSSR count). The van der Waals surface area contributed by atoms with E-state index in [-0.39, 0.29) is 76.5 Å². The number of hydrogen-bond donors (Lipinski definition) is 11. The molecule has 13 N–H and O–H groups in total. The molecule has 6 atom stereocenters. The molecule has 3 aliphatic rings. The molecule has 3 fully saturated rings. The van der Waals surface area contributed by atoms with Gasteiger partial charge < -0.3 is 58.1 Å². The average molecular weight is 929 g/mol. The van der Waals surface area contributed by atoms with Crippen molar-refractivity contribution in [2.75, 3.05) is 26.2 Å². The number of nitrogens with one attached hydrogen (secondary N) is 7. The highest BCUT2D eigenvalue weighted by Gasteiger charge is 2.41. The number of aromatic nitrogens is 2. The van der Waals surface area contributed by atoms with Crippen molar-refractivity contribution in [2.45, 2.75) is 126 Å². The third-order valence-corrected chi connectivity index (χ3v) is 12.7. The Kier molecular flexibility index (Phi) is 18.0. The zero-order valence-electron chi connectivity index (χ0n) is 37.6. The van der Waals surface area contributed by atoms with Gasteiger partial charge in [0, 0.05) is 43.8 Å². The second kappa shape index (κ2) is 24.2. The van der Waals surface area contributed by atoms with Gasteiger partial charge in [0.1, 0.15) is 35.9 Å². The summed E-state index contributed by atoms with van der Waals surface area (Å²) in [5.41, 5.74) is 13.1. The van der Waals surface area contributed by atoms with Crippen LogP contribution >= 0.6 is 0 Å². The fraction of sp³-hybridized carbons (Fsp3) is 0.543. The Hall–Kier alpha value is -6.61. The molecule has 1 unspecified atom stereocenters. The number of aliphatic carboxylic acids is 1. The fourth-order valence-electron chi connectivity index (χ4n) is 9.13. The van der Waals surface area contributed by atoms with Crippen molar-refractivity contribution in [1.82, 2.24) is 46.8 Å². The molecule has 4 heterocycles. The van der Waals surface area contributed by atoms with Crippen molar-refractivity contribution >= 4 is 58.4 Å². The van der Waals surface area contributed by atoms with Gasteiger partial charge in [0.2, 0.25) is 35.4 Å². The maximum Gasteiger partial charge on any atom is 0.317 e. The van der Waals surface area contributed by atoms with Gasteiger partial charge in [-0.25, -0.2) is 4.98 Å². The topological polar surface area (TPSA) is 328 Å². The van der Waals surface area contributed by atoms with Crippen LogP contribution < -0.4 is 43.4 Å². The molecule has 1 aromatic carbocycles. The van der Waals surface area contributed by atoms with Crippen LogP contribution in [0.5, 0.6) is 0 Å². The molecule has 67 heavy (non-hydrogen) atoms. The summed E-state index contributed by atoms with van der Waals surface area (Å²) in [5, 5.41) is 37.6. The number of hydrogen-bond acceptors (Lipinski definition) is 11. The number of fused-ring (bicyclic) bond motifs is 2. The predicted molar refractivity (Wildman–Crippen MR) is 247 cm³/mol. The highest BCUT2D eigenvalue weighted by molar-refractivity contribution is 5.97. The van der Waals surface area contributed by atoms with Crippen molar-refractivity contribution in [3.05, 3.63) is 66.0 Å². The van der Waals surface area contributed by atoms with Crippen molar-refractivity contribution < 1.29 is 43.8 Å². The van der Waals surface area contributed by atoms with Crippen LogP contribution in [-0.2, 0) is 46.4 Å². The lowest BCUT2D eigenvalue weighted by Gasteiger charge is -2.33. The highest BCUT2D eigenvalue weighted by atomic mass is 16.4. The van der Waals surface area contributed by atoms with Gasteiger partial charge in [-0.1, -0.05) is 30.3 Å². The molecule has 6 amide bonds. The van der Waals surface area contributed by atoms with Gasteiger partial charge in [0.15, 0.2) is 5.96 Å². The number of guanidine groups is 1. The number of benzene rings is 1. The minimum absolute atomic E-state index is 0.00204. The molecule has 0 spiro atoms. The molecule has 21 nitrogen and oxygen atoms in total. The number of aliphatic hydroxyl groups excluding tert-OH is 1. The van der Waals surface area contributed by atoms with E-state index in [4.69, 9.17) is 11.5 Å². The lowest BCUT2D eigenvalue weighted by Crippen LogP contribution is -2.60. The lowest BCUT2D eigenvalue weighted by molar-refractivity contribution is -0.143. The standard InChI is InChI=1S/C46H64N12O9/c47-46(48)51-20-5-11-32-40(62)50-19-6-12-33(55-41(63)34(52-26-38(60)61)22-27-8-2-1-3-9-27)45(67)58-21-7-13-37(58)44(66)57-35(23-28-14-16-30(59)17-15-28)42(64)56-36(43(65)54-32)24-29-25-53-39-31(29)10-4-18-49-39/h1-4,8-10,18,25,28,30,32-37,52,59H,5-7,11-17,19-24,26H2,(H,49,53)(H,50,62)(H,54,65)(H,55,63)(H,56,64)(H,57,66)(H,60,61)(H4,47,48,51)/t28?,30?,32-,33-,34?,35+,36-,37-/m0/s1. The number of carbonyl (C=O) groups is 7. The highest BCUT2D eigenvalue weighted by Crippen LogP contribution is 2.29. The van der Waals surface area contributed by atoms with Crippen LogP contribution in [0.2, 0.25) is 0 Å². The van der Waals surface area contributed by atoms with E-state index in [2.05, 4.69) is 46.9 Å². The van der Waals surface area contributed by atoms with E-state index in [0.717, 1.165) is 10.9 Å². The number of nitrogens with zero attached hydrogens (tertiary/aromatic N) is 3. The first-order valence-electron chi connectivity index (χ1n) is 23.2. The van der Waals surface area contributed by atoms with Crippen molar-refractivity contribution in [3.63, 3.8) is 0 Å². The Balaban J connectivity index is 1.31. The molecule has 21 heteroatoms. The third-order valence-electron chi connectivity index (χ3n) is 12.7. The second-order valence-corrected chi connectivity index (χ2v) is 17.7. The van der Waals surface area contributed by atoms with Gasteiger partial charge in [0.25, 0.3) is 0 Å². The smallest absolute Gasteiger partial charge is 0.317 e. The quantitative estimate of drug-likeness (QED) is 0.0507. The summed E-state index contributed by atoms with van der Waals surface area (Å²) in [6, 6.07) is 5.83. The Morgan fingerprint density at radius 2 is 1.60 bits per heavy atom. The van der Waals surface area contributed by atoms with Gasteiger partial charge in [-0.15, -0.1) is 0 Å². The first-order chi connectivity index (χ1) is 32.2. The number of amides is 6. The molecule has 1 aliphatic carbocycles. The summed E-state index contributed by atoms with van der Waals surface area (Å²) >= 11 is 0. The number of nitrogens with two attached hydrogens (primary N) is 2. The van der Waals surface area contributed by atoms with E-state index < -0.39 is 90.3 Å². The maximum absolute atomic E-state index is 14.6. The molecule has 362 valence electrons. The van der Waals surface area contributed by atoms with Gasteiger partial charge in [-0.2, -0.15) is 0 Å². The number of aliphatic hydroxyl groups is 1. The summed E-state index contributed by atoms with van der Waals surface area (Å²) in [5.74, 6) is -4.97. The van der Waals surface area contributed by atoms with E-state index in [1.165, 1.54) is 4.90 Å². The zero-order chi connectivity index (χ0) is 47.9. The van der Waals surface area contributed by atoms with Crippen LogP contribution in [0.3, 0.4) is 0 Å². The number of aromatic amines is 1. The molecule has 0 radical (unpaired) electrons. The molecule has 2 saturated heterocycles. The number of H-pyrrole nitrogens is 1. The molecule has 2 aliphatic heterocycles. The fourth-order valence-corrected chi connectivity index (χ4v) is 9.13. The van der Waals surface area contributed by atoms with Crippen LogP contribution in [0.4, 0.5) is 0 Å². The third kappa shape index (κ3) is 14.4. The number of pyridine rings is 1. The number of carboxylic acids is 1. The number of carbonyl (C=O) groups excluding carboxylic acids is 6. The van der Waals surface area contributed by atoms with Crippen molar-refractivity contribution in [1.29, 1.82) is 0 Å². The number of aliphatic imine (C=N–C) groups is 1. The SMILES string of the molecule is NC(N)=NCCC[C@@H]1NC(=O)[C@H](Cc2c[nH]c3ncccc23)NC(=O)[C@@H](CC2CCC(O)CC2)NC(=O)[C@@H]2CCCN2C(=O)[C@@H](NC(=O)C(Cc2ccccc2)NCC(=O)O)CCCNC1=O. The lowest BCUT2D eigenvalue weighted by atomic mass is 9.83. The van der Waals surface area contributed by atoms with E-state index >= 15 is 0 Å². The van der Waals surface area contributed by atoms with Gasteiger partial charge in [0.05, 0.1) is 18.7 Å². The minimum atomic E-state index is -1.23. The van der Waals surface area contributed by atoms with Crippen LogP contribution in [-0.4, -0.2) is 141 Å². The Morgan fingerprint density at radius 1 is 0.866 bits per heavy atom. The second-order valence-electron chi connectivity index (χ2n) is 17.7. The maximum atomic E-state index is 14.6. The molecular formula is C46H64N12O9. The van der Waals surface area contributed by atoms with Crippen LogP contribution in [0.25, 0.3) is 11.0 Å². The predicted octanol–water partition coefficient (Wildman–Crippen LogP) is -0.774. The largest absolute Gasteiger partial charge is 0.480 e. The molecule has 3 aromatic rings. The first-order valence-corrected chi connectivity index (χ1v) is 23.2. The monoisotopic (exact) mass is 928 g/mol. The summed E-state index contributed by atoms with van der Waals surface area (Å²) < 4.78 is 0. The van der Waals surface area contributed by atoms with E-state index in [9.17, 15) is 43.8 Å². The van der Waals surface area contributed by atoms with Crippen LogP contribution in [0.15, 0.2) is 59.9 Å². The van der Waals surface area contributed by atoms with E-state index in [1.807, 2.05) is 12.1 Å². The molecular weight excluding hydrogens is 865 g/mol. The Morgan fingerprint density at radius 3 is 2.34 bits per heavy atom. The van der Waals surface area contributed by atoms with Gasteiger partial charge in [-0.3, -0.25) is 43.9 Å². The minimum Gasteiger partial charge on any atom is -0.480 e. The Bertz CT molecular complexity index is 2230. The van der Waals surface area contributed by atoms with Crippen LogP contribution in [0.1, 0.15) is 81.8 Å². The van der Waals surface area contributed by atoms with E-state index in [1.54, 1.807) is 42.7 Å². The Labute approximate surface area is 388 Å². The average Bonchev–Trinajstić information content (AvgIpc) is 3.97. The van der Waals surface area contributed by atoms with Gasteiger partial charge in [-0.05, 0) is 106 Å².